The molecule has 0 radical (unpaired) electrons. The quantitative estimate of drug-likeness (QED) is 0.329. The van der Waals surface area contributed by atoms with Crippen molar-refractivity contribution in [2.75, 3.05) is 23.7 Å². The van der Waals surface area contributed by atoms with E-state index in [9.17, 15) is 5.26 Å². The number of nitrogens with one attached hydrogen (secondary N) is 3. The summed E-state index contributed by atoms with van der Waals surface area (Å²) in [6.07, 6.45) is 10.3. The number of anilines is 3. The number of nitrogens with zero attached hydrogens (tertiary/aromatic N) is 6. The van der Waals surface area contributed by atoms with Crippen LogP contribution in [-0.2, 0) is 0 Å². The number of nitriles is 1. The topological polar surface area (TPSA) is 124 Å². The van der Waals surface area contributed by atoms with Crippen LogP contribution >= 0.6 is 0 Å². The molecule has 9 nitrogen and oxygen atoms in total. The number of piperidine rings is 1. The minimum atomic E-state index is 0.338. The van der Waals surface area contributed by atoms with Crippen LogP contribution in [0, 0.1) is 24.2 Å². The van der Waals surface area contributed by atoms with E-state index in [0.717, 1.165) is 41.8 Å². The molecule has 1 aliphatic heterocycles. The summed E-state index contributed by atoms with van der Waals surface area (Å²) in [7, 11) is 0. The fourth-order valence-electron chi connectivity index (χ4n) is 5.29. The van der Waals surface area contributed by atoms with Gasteiger partial charge >= 0.3 is 0 Å². The van der Waals surface area contributed by atoms with Crippen molar-refractivity contribution in [2.24, 2.45) is 5.92 Å². The van der Waals surface area contributed by atoms with Crippen molar-refractivity contribution in [3.63, 3.8) is 0 Å². The SMILES string of the molecule is Cc1nc(Nc2cc(-c3nc(NC4CCNCC4C)c4c(C5CCC5)cncc4n3)ccn2)ccc1C#N. The van der Waals surface area contributed by atoms with Gasteiger partial charge in [-0.15, -0.1) is 0 Å². The van der Waals surface area contributed by atoms with E-state index in [1.807, 2.05) is 31.5 Å². The maximum absolute atomic E-state index is 9.19. The predicted molar refractivity (Wildman–Crippen MR) is 148 cm³/mol. The molecule has 1 saturated heterocycles. The molecule has 0 bridgehead atoms. The van der Waals surface area contributed by atoms with Crippen LogP contribution in [0.3, 0.4) is 0 Å². The summed E-state index contributed by atoms with van der Waals surface area (Å²) >= 11 is 0. The summed E-state index contributed by atoms with van der Waals surface area (Å²) in [5, 5.41) is 20.8. The Kier molecular flexibility index (Phi) is 6.56. The molecule has 38 heavy (non-hydrogen) atoms. The minimum Gasteiger partial charge on any atom is -0.366 e. The van der Waals surface area contributed by atoms with Crippen LogP contribution < -0.4 is 16.0 Å². The van der Waals surface area contributed by atoms with Crippen LogP contribution in [0.5, 0.6) is 0 Å². The lowest BCUT2D eigenvalue weighted by molar-refractivity contribution is 0.368. The summed E-state index contributed by atoms with van der Waals surface area (Å²) in [6.45, 7) is 6.09. The summed E-state index contributed by atoms with van der Waals surface area (Å²) < 4.78 is 0. The molecule has 2 atom stereocenters. The van der Waals surface area contributed by atoms with Crippen LogP contribution in [0.25, 0.3) is 22.3 Å². The Hall–Kier alpha value is -4.16. The zero-order valence-electron chi connectivity index (χ0n) is 21.7. The zero-order valence-corrected chi connectivity index (χ0v) is 21.7. The van der Waals surface area contributed by atoms with Gasteiger partial charge in [-0.3, -0.25) is 4.98 Å². The monoisotopic (exact) mass is 505 g/mol. The van der Waals surface area contributed by atoms with Crippen LogP contribution in [0.2, 0.25) is 0 Å². The third-order valence-corrected chi connectivity index (χ3v) is 7.77. The van der Waals surface area contributed by atoms with Crippen molar-refractivity contribution < 1.29 is 0 Å². The first kappa shape index (κ1) is 24.2. The second-order valence-electron chi connectivity index (χ2n) is 10.4. The largest absolute Gasteiger partial charge is 0.366 e. The molecule has 192 valence electrons. The van der Waals surface area contributed by atoms with Gasteiger partial charge in [0.2, 0.25) is 0 Å². The van der Waals surface area contributed by atoms with Crippen LogP contribution in [0.1, 0.15) is 55.3 Å². The number of hydrogen-bond acceptors (Lipinski definition) is 9. The van der Waals surface area contributed by atoms with Gasteiger partial charge in [0.15, 0.2) is 5.82 Å². The van der Waals surface area contributed by atoms with Gasteiger partial charge in [-0.2, -0.15) is 5.26 Å². The first-order chi connectivity index (χ1) is 18.6. The molecular weight excluding hydrogens is 474 g/mol. The lowest BCUT2D eigenvalue weighted by Crippen LogP contribution is -2.42. The molecule has 0 aromatic carbocycles. The summed E-state index contributed by atoms with van der Waals surface area (Å²) in [5.41, 5.74) is 4.19. The van der Waals surface area contributed by atoms with Gasteiger partial charge in [-0.25, -0.2) is 19.9 Å². The Morgan fingerprint density at radius 1 is 1.05 bits per heavy atom. The molecule has 2 fully saturated rings. The van der Waals surface area contributed by atoms with E-state index in [4.69, 9.17) is 9.97 Å². The normalized spacial score (nSPS) is 19.5. The lowest BCUT2D eigenvalue weighted by atomic mass is 9.79. The molecule has 2 aliphatic rings. The molecule has 1 saturated carbocycles. The molecular formula is C29H31N9. The Morgan fingerprint density at radius 3 is 2.71 bits per heavy atom. The van der Waals surface area contributed by atoms with Crippen molar-refractivity contribution in [3.8, 4) is 17.5 Å². The number of aryl methyl sites for hydroxylation is 1. The van der Waals surface area contributed by atoms with Crippen molar-refractivity contribution in [3.05, 3.63) is 59.7 Å². The van der Waals surface area contributed by atoms with E-state index in [-0.39, 0.29) is 0 Å². The molecule has 6 rings (SSSR count). The first-order valence-electron chi connectivity index (χ1n) is 13.3. The highest BCUT2D eigenvalue weighted by molar-refractivity contribution is 5.93. The number of aromatic nitrogens is 5. The molecule has 3 N–H and O–H groups in total. The fourth-order valence-corrected chi connectivity index (χ4v) is 5.29. The standard InChI is InChI=1S/C29H31N9/c1-17-14-31-10-9-23(17)35-29-27-22(19-4-3-5-19)15-32-16-24(27)36-28(38-29)20-8-11-33-26(12-20)37-25-7-6-21(13-30)18(2)34-25/h6-8,11-12,15-17,19,23,31H,3-5,9-10,14H2,1-2H3,(H,33,34,37)(H,35,36,38). The third-order valence-electron chi connectivity index (χ3n) is 7.77. The van der Waals surface area contributed by atoms with Gasteiger partial charge in [-0.05, 0) is 80.9 Å². The minimum absolute atomic E-state index is 0.338. The van der Waals surface area contributed by atoms with Gasteiger partial charge < -0.3 is 16.0 Å². The van der Waals surface area contributed by atoms with Gasteiger partial charge in [0, 0.05) is 29.4 Å². The second kappa shape index (κ2) is 10.3. The molecule has 0 spiro atoms. The smallest absolute Gasteiger partial charge is 0.162 e. The molecule has 4 aromatic rings. The molecule has 1 aliphatic carbocycles. The summed E-state index contributed by atoms with van der Waals surface area (Å²) in [5.74, 6) is 3.79. The fraction of sp³-hybridized carbons (Fsp3) is 0.379. The second-order valence-corrected chi connectivity index (χ2v) is 10.4. The number of pyridine rings is 3. The molecule has 2 unspecified atom stereocenters. The first-order valence-corrected chi connectivity index (χ1v) is 13.3. The summed E-state index contributed by atoms with van der Waals surface area (Å²) in [6, 6.07) is 9.87. The molecule has 4 aromatic heterocycles. The third kappa shape index (κ3) is 4.75. The van der Waals surface area contributed by atoms with E-state index in [1.165, 1.54) is 24.8 Å². The van der Waals surface area contributed by atoms with Crippen LogP contribution in [-0.4, -0.2) is 44.1 Å². The average Bonchev–Trinajstić information content (AvgIpc) is 2.89. The molecule has 5 heterocycles. The van der Waals surface area contributed by atoms with E-state index in [0.29, 0.717) is 46.6 Å². The molecule has 9 heteroatoms. The maximum Gasteiger partial charge on any atom is 0.162 e. The van der Waals surface area contributed by atoms with Crippen LogP contribution in [0.15, 0.2) is 42.9 Å². The Labute approximate surface area is 222 Å². The number of fused-ring (bicyclic) bond motifs is 1. The van der Waals surface area contributed by atoms with E-state index in [2.05, 4.69) is 43.9 Å². The maximum atomic E-state index is 9.19. The highest BCUT2D eigenvalue weighted by Crippen LogP contribution is 2.41. The highest BCUT2D eigenvalue weighted by atomic mass is 15.1. The Morgan fingerprint density at radius 2 is 1.95 bits per heavy atom. The average molecular weight is 506 g/mol. The van der Waals surface area contributed by atoms with Gasteiger partial charge in [0.25, 0.3) is 0 Å². The van der Waals surface area contributed by atoms with Gasteiger partial charge in [0.1, 0.15) is 23.5 Å². The van der Waals surface area contributed by atoms with Crippen molar-refractivity contribution in [2.45, 2.75) is 51.5 Å². The van der Waals surface area contributed by atoms with Crippen molar-refractivity contribution in [1.82, 2.24) is 30.2 Å². The molecule has 0 amide bonds. The Balaban J connectivity index is 1.39. The summed E-state index contributed by atoms with van der Waals surface area (Å²) in [4.78, 5) is 23.6. The van der Waals surface area contributed by atoms with E-state index in [1.54, 1.807) is 18.3 Å². The van der Waals surface area contributed by atoms with Crippen LogP contribution in [0.4, 0.5) is 17.5 Å². The van der Waals surface area contributed by atoms with Gasteiger partial charge in [0.05, 0.1) is 23.0 Å². The Bertz CT molecular complexity index is 1520. The highest BCUT2D eigenvalue weighted by Gasteiger charge is 2.27. The van der Waals surface area contributed by atoms with E-state index < -0.39 is 0 Å². The van der Waals surface area contributed by atoms with Crippen molar-refractivity contribution in [1.29, 1.82) is 5.26 Å². The number of rotatable bonds is 6. The van der Waals surface area contributed by atoms with E-state index >= 15 is 0 Å². The number of hydrogen-bond donors (Lipinski definition) is 3. The van der Waals surface area contributed by atoms with Gasteiger partial charge in [-0.1, -0.05) is 13.3 Å². The predicted octanol–water partition coefficient (Wildman–Crippen LogP) is 5.08. The van der Waals surface area contributed by atoms with Crippen molar-refractivity contribution >= 4 is 28.4 Å². The zero-order chi connectivity index (χ0) is 26.1. The lowest BCUT2D eigenvalue weighted by Gasteiger charge is -2.32.